The number of nitrogens with one attached hydrogen (secondary N) is 2. The Bertz CT molecular complexity index is 2030. The topological polar surface area (TPSA) is 118 Å². The van der Waals surface area contributed by atoms with Crippen LogP contribution in [-0.4, -0.2) is 26.8 Å². The Kier molecular flexibility index (Phi) is 6.73. The van der Waals surface area contributed by atoms with Crippen molar-refractivity contribution in [2.24, 2.45) is 0 Å². The number of fused-ring (bicyclic) bond motifs is 3. The predicted molar refractivity (Wildman–Crippen MR) is 164 cm³/mol. The first kappa shape index (κ1) is 26.6. The Morgan fingerprint density at radius 1 is 0.550 bits per heavy atom. The van der Waals surface area contributed by atoms with Crippen LogP contribution in [-0.2, 0) is 20.0 Å². The highest BCUT2D eigenvalue weighted by molar-refractivity contribution is 9.10. The molecule has 0 aliphatic heterocycles. The predicted octanol–water partition coefficient (Wildman–Crippen LogP) is 7.06. The molecule has 4 aromatic carbocycles. The molecule has 6 rings (SSSR count). The summed E-state index contributed by atoms with van der Waals surface area (Å²) in [4.78, 5) is 8.53. The second-order valence-electron chi connectivity index (χ2n) is 8.88. The molecule has 0 aliphatic rings. The fourth-order valence-electron chi connectivity index (χ4n) is 4.59. The van der Waals surface area contributed by atoms with E-state index in [2.05, 4.69) is 51.3 Å². The van der Waals surface area contributed by atoms with Gasteiger partial charge in [0.05, 0.1) is 32.2 Å². The molecule has 2 aromatic heterocycles. The van der Waals surface area contributed by atoms with Gasteiger partial charge in [0.2, 0.25) is 0 Å². The number of benzene rings is 4. The molecule has 0 fully saturated rings. The maximum absolute atomic E-state index is 13.7. The van der Waals surface area contributed by atoms with E-state index in [-0.39, 0.29) is 20.6 Å². The van der Waals surface area contributed by atoms with E-state index < -0.39 is 20.0 Å². The smallest absolute Gasteiger partial charge is 0.262 e. The quantitative estimate of drug-likeness (QED) is 0.192. The van der Waals surface area contributed by atoms with E-state index in [0.717, 1.165) is 10.8 Å². The van der Waals surface area contributed by atoms with Gasteiger partial charge < -0.3 is 0 Å². The highest BCUT2D eigenvalue weighted by Gasteiger charge is 2.24. The van der Waals surface area contributed by atoms with Crippen LogP contribution in [0.2, 0.25) is 0 Å². The van der Waals surface area contributed by atoms with E-state index in [9.17, 15) is 16.8 Å². The summed E-state index contributed by atoms with van der Waals surface area (Å²) in [6.07, 6.45) is 3.17. The zero-order valence-corrected chi connectivity index (χ0v) is 25.1. The minimum Gasteiger partial charge on any atom is -0.277 e. The number of hydrogen-bond donors (Lipinski definition) is 2. The number of anilines is 2. The van der Waals surface area contributed by atoms with Crippen molar-refractivity contribution in [1.82, 2.24) is 9.97 Å². The van der Waals surface area contributed by atoms with Gasteiger partial charge in [0, 0.05) is 42.9 Å². The number of hydrogen-bond acceptors (Lipinski definition) is 6. The van der Waals surface area contributed by atoms with Crippen LogP contribution in [0, 0.1) is 0 Å². The monoisotopic (exact) mass is 696 g/mol. The highest BCUT2D eigenvalue weighted by atomic mass is 79.9. The molecule has 0 radical (unpaired) electrons. The first-order chi connectivity index (χ1) is 19.1. The SMILES string of the molecule is O=S(=O)(Nc1cc(Br)cc2cccnc12)c1cccc2c(S(=O)(=O)Nc3cc(Br)cc4cccnc34)cccc12. The fraction of sp³-hybridized carbons (Fsp3) is 0. The molecular weight excluding hydrogens is 680 g/mol. The maximum Gasteiger partial charge on any atom is 0.262 e. The number of rotatable bonds is 6. The second-order valence-corrected chi connectivity index (χ2v) is 14.0. The van der Waals surface area contributed by atoms with Crippen LogP contribution < -0.4 is 9.44 Å². The summed E-state index contributed by atoms with van der Waals surface area (Å²) >= 11 is 6.84. The van der Waals surface area contributed by atoms with Crippen molar-refractivity contribution in [1.29, 1.82) is 0 Å². The molecule has 200 valence electrons. The molecule has 0 unspecified atom stereocenters. The molecule has 12 heteroatoms. The Labute approximate surface area is 246 Å². The van der Waals surface area contributed by atoms with Crippen LogP contribution in [0.25, 0.3) is 32.6 Å². The summed E-state index contributed by atoms with van der Waals surface area (Å²) in [5.41, 5.74) is 1.55. The van der Waals surface area contributed by atoms with Gasteiger partial charge in [0.25, 0.3) is 20.0 Å². The van der Waals surface area contributed by atoms with Crippen molar-refractivity contribution in [3.05, 3.63) is 106 Å². The molecular formula is C28H18Br2N4O4S2. The molecule has 0 aliphatic carbocycles. The minimum atomic E-state index is -4.15. The highest BCUT2D eigenvalue weighted by Crippen LogP contribution is 2.34. The van der Waals surface area contributed by atoms with E-state index in [1.165, 1.54) is 24.3 Å². The van der Waals surface area contributed by atoms with Crippen LogP contribution in [0.4, 0.5) is 11.4 Å². The van der Waals surface area contributed by atoms with Gasteiger partial charge in [-0.05, 0) is 48.5 Å². The van der Waals surface area contributed by atoms with Gasteiger partial charge >= 0.3 is 0 Å². The Morgan fingerprint density at radius 2 is 0.975 bits per heavy atom. The normalized spacial score (nSPS) is 12.2. The van der Waals surface area contributed by atoms with Gasteiger partial charge in [0.1, 0.15) is 0 Å². The third kappa shape index (κ3) is 4.92. The molecule has 0 spiro atoms. The molecule has 8 nitrogen and oxygen atoms in total. The lowest BCUT2D eigenvalue weighted by molar-refractivity contribution is 0.599. The summed E-state index contributed by atoms with van der Waals surface area (Å²) in [6.45, 7) is 0. The van der Waals surface area contributed by atoms with Gasteiger partial charge in [-0.2, -0.15) is 0 Å². The van der Waals surface area contributed by atoms with E-state index >= 15 is 0 Å². The van der Waals surface area contributed by atoms with Crippen molar-refractivity contribution in [3.63, 3.8) is 0 Å². The molecule has 0 saturated heterocycles. The third-order valence-corrected chi connectivity index (χ3v) is 10.0. The molecule has 6 aromatic rings. The average molecular weight is 698 g/mol. The number of aromatic nitrogens is 2. The lowest BCUT2D eigenvalue weighted by Crippen LogP contribution is -2.16. The standard InChI is InChI=1S/C28H18Br2N4O4S2/c29-19-13-17-5-3-11-31-27(17)23(15-19)33-39(35,36)25-9-1-7-21-22(25)8-2-10-26(21)40(37,38)34-24-16-20(30)14-18-6-4-12-32-28(18)24/h1-16,33-34H. The lowest BCUT2D eigenvalue weighted by Gasteiger charge is -2.15. The molecule has 0 amide bonds. The second kappa shape index (κ2) is 10.1. The van der Waals surface area contributed by atoms with E-state index in [1.54, 1.807) is 48.8 Å². The Hall–Kier alpha value is -3.58. The number of nitrogens with zero attached hydrogens (tertiary/aromatic N) is 2. The molecule has 40 heavy (non-hydrogen) atoms. The number of halogens is 2. The van der Waals surface area contributed by atoms with Crippen molar-refractivity contribution in [3.8, 4) is 0 Å². The van der Waals surface area contributed by atoms with Gasteiger partial charge in [-0.15, -0.1) is 0 Å². The molecule has 0 atom stereocenters. The van der Waals surface area contributed by atoms with Crippen LogP contribution in [0.3, 0.4) is 0 Å². The largest absolute Gasteiger partial charge is 0.277 e. The molecule has 0 saturated carbocycles. The van der Waals surface area contributed by atoms with E-state index in [4.69, 9.17) is 0 Å². The average Bonchev–Trinajstić information content (AvgIpc) is 2.91. The zero-order valence-electron chi connectivity index (χ0n) is 20.3. The third-order valence-electron chi connectivity index (χ3n) is 6.25. The fourth-order valence-corrected chi connectivity index (χ4v) is 8.10. The first-order valence-corrected chi connectivity index (χ1v) is 16.3. The van der Waals surface area contributed by atoms with Crippen molar-refractivity contribution in [2.45, 2.75) is 9.79 Å². The van der Waals surface area contributed by atoms with Crippen LogP contribution in [0.1, 0.15) is 0 Å². The van der Waals surface area contributed by atoms with Gasteiger partial charge in [-0.3, -0.25) is 19.4 Å². The summed E-state index contributed by atoms with van der Waals surface area (Å²) in [7, 11) is -8.29. The Morgan fingerprint density at radius 3 is 1.40 bits per heavy atom. The zero-order chi connectivity index (χ0) is 28.1. The number of sulfonamides is 2. The molecule has 2 heterocycles. The number of pyridine rings is 2. The maximum atomic E-state index is 13.7. The Balaban J connectivity index is 1.45. The van der Waals surface area contributed by atoms with Gasteiger partial charge in [0.15, 0.2) is 0 Å². The van der Waals surface area contributed by atoms with Crippen LogP contribution in [0.15, 0.2) is 116 Å². The summed E-state index contributed by atoms with van der Waals surface area (Å²) in [5.74, 6) is 0. The van der Waals surface area contributed by atoms with Gasteiger partial charge in [-0.25, -0.2) is 16.8 Å². The summed E-state index contributed by atoms with van der Waals surface area (Å²) < 4.78 is 61.3. The van der Waals surface area contributed by atoms with E-state index in [0.29, 0.717) is 31.4 Å². The lowest BCUT2D eigenvalue weighted by atomic mass is 10.1. The molecule has 0 bridgehead atoms. The van der Waals surface area contributed by atoms with E-state index in [1.807, 2.05) is 24.3 Å². The van der Waals surface area contributed by atoms with Crippen LogP contribution >= 0.6 is 31.9 Å². The minimum absolute atomic E-state index is 0.0688. The van der Waals surface area contributed by atoms with Crippen molar-refractivity contribution < 1.29 is 16.8 Å². The summed E-state index contributed by atoms with van der Waals surface area (Å²) in [6, 6.07) is 23.2. The van der Waals surface area contributed by atoms with Crippen LogP contribution in [0.5, 0.6) is 0 Å². The van der Waals surface area contributed by atoms with Gasteiger partial charge in [-0.1, -0.05) is 68.3 Å². The van der Waals surface area contributed by atoms with Crippen molar-refractivity contribution >= 4 is 95.9 Å². The summed E-state index contributed by atoms with van der Waals surface area (Å²) in [5, 5.41) is 2.01. The molecule has 2 N–H and O–H groups in total. The first-order valence-electron chi connectivity index (χ1n) is 11.8. The van der Waals surface area contributed by atoms with Crippen molar-refractivity contribution in [2.75, 3.05) is 9.44 Å².